The van der Waals surface area contributed by atoms with Crippen LogP contribution in [-0.2, 0) is 14.3 Å². The van der Waals surface area contributed by atoms with Crippen molar-refractivity contribution in [2.75, 3.05) is 26.0 Å². The van der Waals surface area contributed by atoms with E-state index in [4.69, 9.17) is 4.74 Å². The highest BCUT2D eigenvalue weighted by Crippen LogP contribution is 2.22. The molecule has 5 nitrogen and oxygen atoms in total. The molecule has 2 aromatic carbocycles. The molecule has 0 N–H and O–H groups in total. The third kappa shape index (κ3) is 5.01. The average molecular weight is 397 g/mol. The molecule has 0 spiro atoms. The van der Waals surface area contributed by atoms with Gasteiger partial charge in [0.25, 0.3) is 0 Å². The molecule has 0 aromatic heterocycles. The largest absolute Gasteiger partial charge is 0.468 e. The van der Waals surface area contributed by atoms with Crippen LogP contribution in [-0.4, -0.2) is 53.8 Å². The summed E-state index contributed by atoms with van der Waals surface area (Å²) in [6.07, 6.45) is 0.313. The Hall–Kier alpha value is -2.60. The number of amides is 1. The second-order valence-corrected chi connectivity index (χ2v) is 7.90. The Labute approximate surface area is 169 Å². The van der Waals surface area contributed by atoms with E-state index in [1.807, 2.05) is 42.5 Å². The summed E-state index contributed by atoms with van der Waals surface area (Å²) in [5.41, 5.74) is 2.75. The van der Waals surface area contributed by atoms with Crippen molar-refractivity contribution < 1.29 is 19.1 Å². The summed E-state index contributed by atoms with van der Waals surface area (Å²) in [7, 11) is 1.35. The van der Waals surface area contributed by atoms with Gasteiger partial charge < -0.3 is 9.64 Å². The van der Waals surface area contributed by atoms with Crippen LogP contribution < -0.4 is 0 Å². The van der Waals surface area contributed by atoms with Crippen LogP contribution in [0.2, 0.25) is 0 Å². The molecular formula is C22H23NO4S. The van der Waals surface area contributed by atoms with Crippen LogP contribution in [0.3, 0.4) is 0 Å². The molecule has 1 saturated heterocycles. The normalized spacial score (nSPS) is 16.5. The van der Waals surface area contributed by atoms with Crippen molar-refractivity contribution in [3.05, 3.63) is 60.2 Å². The van der Waals surface area contributed by atoms with Gasteiger partial charge in [-0.3, -0.25) is 14.4 Å². The molecule has 1 heterocycles. The molecule has 2 aromatic rings. The molecule has 1 atom stereocenters. The number of carbonyl (C=O) groups excluding carboxylic acids is 3. The molecular weight excluding hydrogens is 374 g/mol. The van der Waals surface area contributed by atoms with Gasteiger partial charge in [-0.1, -0.05) is 54.6 Å². The number of thioether (sulfide) groups is 1. The lowest BCUT2D eigenvalue weighted by Gasteiger charge is -2.31. The number of carbonyl (C=O) groups is 3. The zero-order valence-corrected chi connectivity index (χ0v) is 16.6. The molecule has 1 fully saturated rings. The molecule has 1 aliphatic rings. The summed E-state index contributed by atoms with van der Waals surface area (Å²) in [4.78, 5) is 38.2. The van der Waals surface area contributed by atoms with Crippen molar-refractivity contribution in [3.8, 4) is 11.1 Å². The van der Waals surface area contributed by atoms with Crippen molar-refractivity contribution in [1.82, 2.24) is 4.90 Å². The molecule has 0 aliphatic carbocycles. The Bertz CT molecular complexity index is 835. The van der Waals surface area contributed by atoms with Gasteiger partial charge in [0, 0.05) is 37.2 Å². The van der Waals surface area contributed by atoms with Gasteiger partial charge in [-0.05, 0) is 11.1 Å². The van der Waals surface area contributed by atoms with Crippen LogP contribution in [0.25, 0.3) is 11.1 Å². The number of methoxy groups -OCH3 is 1. The van der Waals surface area contributed by atoms with Crippen LogP contribution in [0.4, 0.5) is 0 Å². The van der Waals surface area contributed by atoms with Crippen molar-refractivity contribution in [3.63, 3.8) is 0 Å². The highest BCUT2D eigenvalue weighted by atomic mass is 32.2. The minimum atomic E-state index is -0.344. The van der Waals surface area contributed by atoms with E-state index in [0.717, 1.165) is 11.1 Å². The van der Waals surface area contributed by atoms with Gasteiger partial charge in [0.1, 0.15) is 5.25 Å². The summed E-state index contributed by atoms with van der Waals surface area (Å²) >= 11 is 1.50. The van der Waals surface area contributed by atoms with Crippen LogP contribution in [0.1, 0.15) is 23.2 Å². The van der Waals surface area contributed by atoms with Crippen LogP contribution >= 0.6 is 11.8 Å². The number of hydrogen-bond donors (Lipinski definition) is 0. The Balaban J connectivity index is 1.53. The smallest absolute Gasteiger partial charge is 0.320 e. The topological polar surface area (TPSA) is 63.7 Å². The molecule has 146 valence electrons. The van der Waals surface area contributed by atoms with E-state index in [2.05, 4.69) is 0 Å². The second-order valence-electron chi connectivity index (χ2n) is 6.59. The zero-order valence-electron chi connectivity index (χ0n) is 15.8. The lowest BCUT2D eigenvalue weighted by atomic mass is 10.0. The number of ether oxygens (including phenoxy) is 1. The highest BCUT2D eigenvalue weighted by Gasteiger charge is 2.29. The lowest BCUT2D eigenvalue weighted by molar-refractivity contribution is -0.141. The predicted octanol–water partition coefficient (Wildman–Crippen LogP) is 3.43. The van der Waals surface area contributed by atoms with Gasteiger partial charge in [0.05, 0.1) is 7.11 Å². The van der Waals surface area contributed by atoms with E-state index in [1.165, 1.54) is 18.9 Å². The molecule has 0 bridgehead atoms. The van der Waals surface area contributed by atoms with Gasteiger partial charge >= 0.3 is 5.97 Å². The SMILES string of the molecule is COC(=O)[C@@H]1CN(C(=O)CCC(=O)c2ccc(-c3ccccc3)cc2)CCS1. The monoisotopic (exact) mass is 397 g/mol. The highest BCUT2D eigenvalue weighted by molar-refractivity contribution is 8.00. The molecule has 1 amide bonds. The van der Waals surface area contributed by atoms with Gasteiger partial charge in [0.15, 0.2) is 5.78 Å². The maximum absolute atomic E-state index is 12.4. The van der Waals surface area contributed by atoms with E-state index in [0.29, 0.717) is 24.4 Å². The number of ketones is 1. The minimum absolute atomic E-state index is 0.0520. The summed E-state index contributed by atoms with van der Waals surface area (Å²) < 4.78 is 4.76. The summed E-state index contributed by atoms with van der Waals surface area (Å²) in [5, 5.41) is -0.344. The van der Waals surface area contributed by atoms with E-state index in [-0.39, 0.29) is 35.8 Å². The number of hydrogen-bond acceptors (Lipinski definition) is 5. The fourth-order valence-corrected chi connectivity index (χ4v) is 4.28. The Morgan fingerprint density at radius 1 is 1.00 bits per heavy atom. The van der Waals surface area contributed by atoms with Gasteiger partial charge in [0.2, 0.25) is 5.91 Å². The molecule has 0 saturated carbocycles. The summed E-state index contributed by atoms with van der Waals surface area (Å²) in [6, 6.07) is 17.4. The van der Waals surface area contributed by atoms with Crippen LogP contribution in [0, 0.1) is 0 Å². The standard InChI is InChI=1S/C22H23NO4S/c1-27-22(26)20-15-23(13-14-28-20)21(25)12-11-19(24)18-9-7-17(8-10-18)16-5-3-2-4-6-16/h2-10,20H,11-15H2,1H3/t20-/m0/s1. The maximum atomic E-state index is 12.4. The van der Waals surface area contributed by atoms with E-state index in [9.17, 15) is 14.4 Å². The third-order valence-electron chi connectivity index (χ3n) is 4.76. The van der Waals surface area contributed by atoms with Crippen molar-refractivity contribution in [2.45, 2.75) is 18.1 Å². The fraction of sp³-hybridized carbons (Fsp3) is 0.318. The van der Waals surface area contributed by atoms with Crippen LogP contribution in [0.5, 0.6) is 0 Å². The van der Waals surface area contributed by atoms with Gasteiger partial charge in [-0.25, -0.2) is 0 Å². The number of rotatable bonds is 6. The molecule has 0 radical (unpaired) electrons. The molecule has 3 rings (SSSR count). The number of esters is 1. The van der Waals surface area contributed by atoms with E-state index in [1.54, 1.807) is 17.0 Å². The molecule has 28 heavy (non-hydrogen) atoms. The Morgan fingerprint density at radius 3 is 2.36 bits per heavy atom. The third-order valence-corrected chi connectivity index (χ3v) is 5.93. The first kappa shape index (κ1) is 20.1. The van der Waals surface area contributed by atoms with Crippen molar-refractivity contribution in [1.29, 1.82) is 0 Å². The van der Waals surface area contributed by atoms with Crippen molar-refractivity contribution >= 4 is 29.4 Å². The first-order valence-corrected chi connectivity index (χ1v) is 10.3. The zero-order chi connectivity index (χ0) is 19.9. The second kappa shape index (κ2) is 9.55. The maximum Gasteiger partial charge on any atom is 0.320 e. The van der Waals surface area contributed by atoms with Crippen molar-refractivity contribution in [2.24, 2.45) is 0 Å². The predicted molar refractivity (Wildman–Crippen MR) is 110 cm³/mol. The molecule has 6 heteroatoms. The summed E-state index contributed by atoms with van der Waals surface area (Å²) in [5.74, 6) is 0.241. The van der Waals surface area contributed by atoms with E-state index < -0.39 is 0 Å². The Kier molecular flexibility index (Phi) is 6.87. The number of benzene rings is 2. The first-order chi connectivity index (χ1) is 13.6. The van der Waals surface area contributed by atoms with Gasteiger partial charge in [-0.2, -0.15) is 0 Å². The fourth-order valence-electron chi connectivity index (χ4n) is 3.15. The molecule has 1 aliphatic heterocycles. The molecule has 0 unspecified atom stereocenters. The quantitative estimate of drug-likeness (QED) is 0.552. The average Bonchev–Trinajstić information content (AvgIpc) is 2.77. The van der Waals surface area contributed by atoms with Crippen LogP contribution in [0.15, 0.2) is 54.6 Å². The number of Topliss-reactive ketones (excluding diaryl/α,β-unsaturated/α-hetero) is 1. The first-order valence-electron chi connectivity index (χ1n) is 9.24. The lowest BCUT2D eigenvalue weighted by Crippen LogP contribution is -2.45. The van der Waals surface area contributed by atoms with E-state index >= 15 is 0 Å². The Morgan fingerprint density at radius 2 is 1.68 bits per heavy atom. The number of nitrogens with zero attached hydrogens (tertiary/aromatic N) is 1. The minimum Gasteiger partial charge on any atom is -0.468 e. The summed E-state index contributed by atoms with van der Waals surface area (Å²) in [6.45, 7) is 0.938. The van der Waals surface area contributed by atoms with Gasteiger partial charge in [-0.15, -0.1) is 11.8 Å².